The average Bonchev–Trinajstić information content (AvgIpc) is 3.55. The first-order valence-electron chi connectivity index (χ1n) is 10.0. The highest BCUT2D eigenvalue weighted by Crippen LogP contribution is 2.31. The molecule has 0 spiro atoms. The SMILES string of the molecule is O=C(C1CC1)N1CCN(C(=O)C(c2ccccc2)N2CCS(=O)(=O)CC2)CC1. The van der Waals surface area contributed by atoms with Gasteiger partial charge in [0.2, 0.25) is 11.8 Å². The first kappa shape index (κ1) is 19.4. The molecule has 28 heavy (non-hydrogen) atoms. The van der Waals surface area contributed by atoms with Crippen molar-refractivity contribution in [1.29, 1.82) is 0 Å². The van der Waals surface area contributed by atoms with Crippen molar-refractivity contribution in [1.82, 2.24) is 14.7 Å². The van der Waals surface area contributed by atoms with Crippen LogP contribution in [0.4, 0.5) is 0 Å². The van der Waals surface area contributed by atoms with E-state index in [1.54, 1.807) is 0 Å². The number of benzene rings is 1. The molecule has 1 aliphatic carbocycles. The molecular formula is C20H27N3O4S. The summed E-state index contributed by atoms with van der Waals surface area (Å²) < 4.78 is 23.7. The lowest BCUT2D eigenvalue weighted by Gasteiger charge is -2.40. The molecule has 2 amide bonds. The van der Waals surface area contributed by atoms with Crippen LogP contribution >= 0.6 is 0 Å². The smallest absolute Gasteiger partial charge is 0.244 e. The third kappa shape index (κ3) is 4.22. The summed E-state index contributed by atoms with van der Waals surface area (Å²) in [4.78, 5) is 31.4. The lowest BCUT2D eigenvalue weighted by atomic mass is 10.0. The Labute approximate surface area is 166 Å². The second-order valence-corrected chi connectivity index (χ2v) is 10.2. The molecule has 1 atom stereocenters. The molecule has 4 rings (SSSR count). The maximum atomic E-state index is 13.4. The van der Waals surface area contributed by atoms with E-state index in [2.05, 4.69) is 0 Å². The third-order valence-electron chi connectivity index (χ3n) is 5.92. The topological polar surface area (TPSA) is 78.0 Å². The van der Waals surface area contributed by atoms with Gasteiger partial charge in [-0.3, -0.25) is 14.5 Å². The largest absolute Gasteiger partial charge is 0.339 e. The summed E-state index contributed by atoms with van der Waals surface area (Å²) in [6.07, 6.45) is 1.98. The Hall–Kier alpha value is -1.93. The first-order chi connectivity index (χ1) is 13.4. The molecule has 1 aromatic rings. The van der Waals surface area contributed by atoms with Crippen LogP contribution in [0.3, 0.4) is 0 Å². The van der Waals surface area contributed by atoms with Crippen LogP contribution in [0.25, 0.3) is 0 Å². The molecule has 7 nitrogen and oxygen atoms in total. The van der Waals surface area contributed by atoms with Gasteiger partial charge in [0, 0.05) is 45.2 Å². The summed E-state index contributed by atoms with van der Waals surface area (Å²) in [6.45, 7) is 2.97. The molecule has 0 aromatic heterocycles. The Balaban J connectivity index is 1.47. The zero-order valence-corrected chi connectivity index (χ0v) is 16.8. The van der Waals surface area contributed by atoms with Crippen LogP contribution in [0.5, 0.6) is 0 Å². The maximum Gasteiger partial charge on any atom is 0.244 e. The zero-order valence-electron chi connectivity index (χ0n) is 16.0. The third-order valence-corrected chi connectivity index (χ3v) is 7.53. The molecule has 152 valence electrons. The van der Waals surface area contributed by atoms with Gasteiger partial charge in [0.15, 0.2) is 9.84 Å². The standard InChI is InChI=1S/C20H27N3O4S/c24-19(17-6-7-17)22-8-10-23(11-9-22)20(25)18(16-4-2-1-3-5-16)21-12-14-28(26,27)15-13-21/h1-5,17-18H,6-15H2. The maximum absolute atomic E-state index is 13.4. The van der Waals surface area contributed by atoms with Gasteiger partial charge in [-0.2, -0.15) is 0 Å². The molecule has 3 aliphatic rings. The average molecular weight is 406 g/mol. The Morgan fingerprint density at radius 3 is 2.00 bits per heavy atom. The number of sulfone groups is 1. The van der Waals surface area contributed by atoms with E-state index in [-0.39, 0.29) is 29.2 Å². The van der Waals surface area contributed by atoms with Crippen LogP contribution in [0.1, 0.15) is 24.4 Å². The van der Waals surface area contributed by atoms with E-state index in [9.17, 15) is 18.0 Å². The van der Waals surface area contributed by atoms with Crippen LogP contribution < -0.4 is 0 Å². The predicted octanol–water partition coefficient (Wildman–Crippen LogP) is 0.539. The fraction of sp³-hybridized carbons (Fsp3) is 0.600. The summed E-state index contributed by atoms with van der Waals surface area (Å²) >= 11 is 0. The summed E-state index contributed by atoms with van der Waals surface area (Å²) in [6, 6.07) is 9.11. The van der Waals surface area contributed by atoms with Gasteiger partial charge in [-0.25, -0.2) is 8.42 Å². The second kappa shape index (κ2) is 7.83. The minimum Gasteiger partial charge on any atom is -0.339 e. The summed E-state index contributed by atoms with van der Waals surface area (Å²) in [5, 5.41) is 0. The summed E-state index contributed by atoms with van der Waals surface area (Å²) in [5.41, 5.74) is 0.892. The number of amides is 2. The number of hydrogen-bond acceptors (Lipinski definition) is 5. The Morgan fingerprint density at radius 1 is 0.857 bits per heavy atom. The number of piperazine rings is 1. The Kier molecular flexibility index (Phi) is 5.42. The fourth-order valence-electron chi connectivity index (χ4n) is 4.04. The molecule has 1 unspecified atom stereocenters. The molecule has 2 aliphatic heterocycles. The van der Waals surface area contributed by atoms with E-state index < -0.39 is 15.9 Å². The van der Waals surface area contributed by atoms with Crippen molar-refractivity contribution < 1.29 is 18.0 Å². The van der Waals surface area contributed by atoms with Gasteiger partial charge >= 0.3 is 0 Å². The molecule has 0 bridgehead atoms. The van der Waals surface area contributed by atoms with Gasteiger partial charge < -0.3 is 9.80 Å². The van der Waals surface area contributed by atoms with Crippen molar-refractivity contribution in [2.45, 2.75) is 18.9 Å². The minimum atomic E-state index is -3.01. The number of carbonyl (C=O) groups excluding carboxylic acids is 2. The number of hydrogen-bond donors (Lipinski definition) is 0. The van der Waals surface area contributed by atoms with Crippen molar-refractivity contribution in [3.8, 4) is 0 Å². The van der Waals surface area contributed by atoms with Gasteiger partial charge in [-0.1, -0.05) is 30.3 Å². The Morgan fingerprint density at radius 2 is 1.43 bits per heavy atom. The number of carbonyl (C=O) groups is 2. The molecule has 3 fully saturated rings. The van der Waals surface area contributed by atoms with Gasteiger partial charge in [-0.15, -0.1) is 0 Å². The monoisotopic (exact) mass is 405 g/mol. The lowest BCUT2D eigenvalue weighted by Crippen LogP contribution is -2.55. The quantitative estimate of drug-likeness (QED) is 0.731. The van der Waals surface area contributed by atoms with Gasteiger partial charge in [0.05, 0.1) is 11.5 Å². The molecule has 1 aromatic carbocycles. The molecule has 0 radical (unpaired) electrons. The highest BCUT2D eigenvalue weighted by Gasteiger charge is 2.38. The molecule has 0 N–H and O–H groups in total. The van der Waals surface area contributed by atoms with E-state index in [4.69, 9.17) is 0 Å². The van der Waals surface area contributed by atoms with Crippen molar-refractivity contribution in [3.05, 3.63) is 35.9 Å². The Bertz CT molecular complexity index is 816. The zero-order chi connectivity index (χ0) is 19.7. The van der Waals surface area contributed by atoms with E-state index >= 15 is 0 Å². The lowest BCUT2D eigenvalue weighted by molar-refractivity contribution is -0.143. The molecular weight excluding hydrogens is 378 g/mol. The summed E-state index contributed by atoms with van der Waals surface area (Å²) in [5.74, 6) is 0.618. The van der Waals surface area contributed by atoms with E-state index in [0.29, 0.717) is 39.3 Å². The van der Waals surface area contributed by atoms with Gasteiger partial charge in [0.1, 0.15) is 6.04 Å². The fourth-order valence-corrected chi connectivity index (χ4v) is 5.27. The predicted molar refractivity (Wildman–Crippen MR) is 105 cm³/mol. The first-order valence-corrected chi connectivity index (χ1v) is 11.8. The number of rotatable bonds is 4. The highest BCUT2D eigenvalue weighted by atomic mass is 32.2. The van der Waals surface area contributed by atoms with Gasteiger partial charge in [-0.05, 0) is 18.4 Å². The highest BCUT2D eigenvalue weighted by molar-refractivity contribution is 7.91. The summed E-state index contributed by atoms with van der Waals surface area (Å²) in [7, 11) is -3.01. The van der Waals surface area contributed by atoms with E-state index in [1.807, 2.05) is 45.0 Å². The van der Waals surface area contributed by atoms with Crippen LogP contribution in [0.2, 0.25) is 0 Å². The normalized spacial score (nSPS) is 24.0. The van der Waals surface area contributed by atoms with Crippen molar-refractivity contribution in [2.24, 2.45) is 5.92 Å². The van der Waals surface area contributed by atoms with E-state index in [1.165, 1.54) is 0 Å². The van der Waals surface area contributed by atoms with Crippen LogP contribution in [-0.2, 0) is 19.4 Å². The van der Waals surface area contributed by atoms with Crippen molar-refractivity contribution in [3.63, 3.8) is 0 Å². The van der Waals surface area contributed by atoms with Crippen LogP contribution in [0.15, 0.2) is 30.3 Å². The van der Waals surface area contributed by atoms with Crippen LogP contribution in [0, 0.1) is 5.92 Å². The minimum absolute atomic E-state index is 0.00372. The molecule has 1 saturated carbocycles. The molecule has 2 saturated heterocycles. The second-order valence-electron chi connectivity index (χ2n) is 7.93. The van der Waals surface area contributed by atoms with Crippen LogP contribution in [-0.4, -0.2) is 85.7 Å². The van der Waals surface area contributed by atoms with Crippen molar-refractivity contribution in [2.75, 3.05) is 50.8 Å². The van der Waals surface area contributed by atoms with E-state index in [0.717, 1.165) is 18.4 Å². The molecule has 2 heterocycles. The van der Waals surface area contributed by atoms with Gasteiger partial charge in [0.25, 0.3) is 0 Å². The molecule has 8 heteroatoms. The van der Waals surface area contributed by atoms with Crippen molar-refractivity contribution >= 4 is 21.7 Å². The number of nitrogens with zero attached hydrogens (tertiary/aromatic N) is 3.